The third kappa shape index (κ3) is 1.77. The standard InChI is InChI=1S/C22H27NO3/c1-2-13-9-18(25)20-19-14(13)10-16-15-5-6-17(24)21(26-20)22(15,19)7-8-23(16)11-12-3-4-12/h9,12,15-16,21,25H,2-8,10-11H2,1H3/t15-,16+,21-,22-/m0/s1. The van der Waals surface area contributed by atoms with Crippen LogP contribution in [0.5, 0.6) is 11.5 Å². The van der Waals surface area contributed by atoms with Crippen LogP contribution in [0.3, 0.4) is 0 Å². The van der Waals surface area contributed by atoms with Crippen LogP contribution in [0, 0.1) is 11.8 Å². The van der Waals surface area contributed by atoms with Gasteiger partial charge in [0.05, 0.1) is 0 Å². The molecule has 1 aromatic rings. The fourth-order valence-electron chi connectivity index (χ4n) is 6.74. The van der Waals surface area contributed by atoms with Gasteiger partial charge in [-0.15, -0.1) is 0 Å². The lowest BCUT2D eigenvalue weighted by molar-refractivity contribution is -0.138. The van der Waals surface area contributed by atoms with Crippen LogP contribution in [0.1, 0.15) is 55.7 Å². The normalized spacial score (nSPS) is 37.4. The molecule has 2 aliphatic heterocycles. The SMILES string of the molecule is CCc1cc(O)c2c3c1C[C@@H]1[C@@H]4CCC(=O)[C@H](O2)[C@]34CCN1CC1CC1. The van der Waals surface area contributed by atoms with E-state index in [1.165, 1.54) is 36.1 Å². The van der Waals surface area contributed by atoms with Gasteiger partial charge in [-0.25, -0.2) is 0 Å². The summed E-state index contributed by atoms with van der Waals surface area (Å²) in [7, 11) is 0. The van der Waals surface area contributed by atoms with E-state index in [0.717, 1.165) is 38.1 Å². The van der Waals surface area contributed by atoms with Gasteiger partial charge in [0.15, 0.2) is 23.4 Å². The molecule has 26 heavy (non-hydrogen) atoms. The number of carbonyl (C=O) groups excluding carboxylic acids is 1. The minimum atomic E-state index is -0.362. The molecule has 3 fully saturated rings. The van der Waals surface area contributed by atoms with Gasteiger partial charge in [0.25, 0.3) is 0 Å². The van der Waals surface area contributed by atoms with E-state index < -0.39 is 0 Å². The molecule has 2 saturated carbocycles. The number of likely N-dealkylation sites (tertiary alicyclic amines) is 1. The van der Waals surface area contributed by atoms with Crippen LogP contribution in [0.25, 0.3) is 0 Å². The fourth-order valence-corrected chi connectivity index (χ4v) is 6.74. The maximum Gasteiger partial charge on any atom is 0.174 e. The molecule has 1 spiro atoms. The molecule has 4 heteroatoms. The highest BCUT2D eigenvalue weighted by molar-refractivity contribution is 5.89. The van der Waals surface area contributed by atoms with Crippen LogP contribution < -0.4 is 4.74 Å². The second kappa shape index (κ2) is 5.03. The molecule has 4 nitrogen and oxygen atoms in total. The lowest BCUT2D eigenvalue weighted by Gasteiger charge is -2.58. The molecular formula is C22H27NO3. The molecule has 1 aromatic carbocycles. The molecule has 0 amide bonds. The summed E-state index contributed by atoms with van der Waals surface area (Å²) in [6.07, 6.45) is 7.02. The number of phenolic OH excluding ortho intramolecular Hbond substituents is 1. The molecule has 2 bridgehead atoms. The van der Waals surface area contributed by atoms with Crippen molar-refractivity contribution >= 4 is 5.78 Å². The second-order valence-electron chi connectivity index (χ2n) is 9.20. The molecule has 5 aliphatic rings. The number of hydrogen-bond donors (Lipinski definition) is 1. The summed E-state index contributed by atoms with van der Waals surface area (Å²) in [5.74, 6) is 2.52. The topological polar surface area (TPSA) is 49.8 Å². The number of benzene rings is 1. The van der Waals surface area contributed by atoms with E-state index in [1.54, 1.807) is 0 Å². The minimum Gasteiger partial charge on any atom is -0.504 e. The third-order valence-electron chi connectivity index (χ3n) is 8.01. The van der Waals surface area contributed by atoms with Gasteiger partial charge in [0.2, 0.25) is 0 Å². The minimum absolute atomic E-state index is 0.175. The molecule has 3 aliphatic carbocycles. The maximum atomic E-state index is 12.8. The fraction of sp³-hybridized carbons (Fsp3) is 0.682. The summed E-state index contributed by atoms with van der Waals surface area (Å²) >= 11 is 0. The largest absolute Gasteiger partial charge is 0.504 e. The van der Waals surface area contributed by atoms with Crippen molar-refractivity contribution in [1.82, 2.24) is 4.90 Å². The Bertz CT molecular complexity index is 814. The predicted molar refractivity (Wildman–Crippen MR) is 97.7 cm³/mol. The molecule has 2 heterocycles. The van der Waals surface area contributed by atoms with E-state index in [1.807, 2.05) is 6.07 Å². The first-order valence-electron chi connectivity index (χ1n) is 10.4. The summed E-state index contributed by atoms with van der Waals surface area (Å²) in [5, 5.41) is 10.6. The average molecular weight is 353 g/mol. The predicted octanol–water partition coefficient (Wildman–Crippen LogP) is 2.97. The number of rotatable bonds is 3. The number of carbonyl (C=O) groups is 1. The number of hydrogen-bond acceptors (Lipinski definition) is 4. The lowest BCUT2D eigenvalue weighted by Crippen LogP contribution is -2.66. The second-order valence-corrected chi connectivity index (χ2v) is 9.20. The summed E-state index contributed by atoms with van der Waals surface area (Å²) < 4.78 is 6.23. The smallest absolute Gasteiger partial charge is 0.174 e. The van der Waals surface area contributed by atoms with Crippen molar-refractivity contribution < 1.29 is 14.6 Å². The van der Waals surface area contributed by atoms with Crippen molar-refractivity contribution in [3.63, 3.8) is 0 Å². The molecule has 4 atom stereocenters. The van der Waals surface area contributed by atoms with Crippen LogP contribution in [0.15, 0.2) is 6.07 Å². The van der Waals surface area contributed by atoms with Gasteiger partial charge in [0, 0.05) is 30.0 Å². The van der Waals surface area contributed by atoms with E-state index in [0.29, 0.717) is 24.1 Å². The Hall–Kier alpha value is -1.55. The van der Waals surface area contributed by atoms with Gasteiger partial charge in [-0.3, -0.25) is 9.69 Å². The van der Waals surface area contributed by atoms with Gasteiger partial charge >= 0.3 is 0 Å². The first kappa shape index (κ1) is 15.5. The van der Waals surface area contributed by atoms with E-state index in [-0.39, 0.29) is 23.1 Å². The van der Waals surface area contributed by atoms with Crippen LogP contribution >= 0.6 is 0 Å². The Labute approximate surface area is 154 Å². The Morgan fingerprint density at radius 2 is 2.19 bits per heavy atom. The monoisotopic (exact) mass is 353 g/mol. The van der Waals surface area contributed by atoms with Crippen LogP contribution in [-0.4, -0.2) is 41.0 Å². The third-order valence-corrected chi connectivity index (χ3v) is 8.01. The van der Waals surface area contributed by atoms with E-state index in [9.17, 15) is 9.90 Å². The van der Waals surface area contributed by atoms with Crippen LogP contribution in [-0.2, 0) is 23.1 Å². The summed E-state index contributed by atoms with van der Waals surface area (Å²) in [6, 6.07) is 2.44. The first-order valence-corrected chi connectivity index (χ1v) is 10.4. The number of phenols is 1. The van der Waals surface area contributed by atoms with Gasteiger partial charge < -0.3 is 9.84 Å². The quantitative estimate of drug-likeness (QED) is 0.908. The van der Waals surface area contributed by atoms with Crippen LogP contribution in [0.4, 0.5) is 0 Å². The maximum absolute atomic E-state index is 12.8. The molecule has 1 N–H and O–H groups in total. The number of ether oxygens (including phenoxy) is 1. The molecule has 6 rings (SSSR count). The average Bonchev–Trinajstić information content (AvgIpc) is 3.38. The Kier molecular flexibility index (Phi) is 3.00. The number of aromatic hydroxyl groups is 1. The molecule has 138 valence electrons. The number of aryl methyl sites for hydroxylation is 1. The molecule has 1 saturated heterocycles. The first-order chi connectivity index (χ1) is 12.6. The Morgan fingerprint density at radius 3 is 2.96 bits per heavy atom. The molecule has 0 aromatic heterocycles. The zero-order valence-corrected chi connectivity index (χ0v) is 15.5. The highest BCUT2D eigenvalue weighted by Gasteiger charge is 2.66. The summed E-state index contributed by atoms with van der Waals surface area (Å²) in [4.78, 5) is 15.6. The zero-order chi connectivity index (χ0) is 17.6. The van der Waals surface area contributed by atoms with Crippen molar-refractivity contribution in [1.29, 1.82) is 0 Å². The highest BCUT2D eigenvalue weighted by Crippen LogP contribution is 2.63. The van der Waals surface area contributed by atoms with Crippen molar-refractivity contribution in [3.8, 4) is 11.5 Å². The van der Waals surface area contributed by atoms with E-state index in [4.69, 9.17) is 4.74 Å². The number of ketones is 1. The van der Waals surface area contributed by atoms with Crippen LogP contribution in [0.2, 0.25) is 0 Å². The summed E-state index contributed by atoms with van der Waals surface area (Å²) in [6.45, 7) is 4.47. The van der Waals surface area contributed by atoms with Gasteiger partial charge in [-0.2, -0.15) is 0 Å². The lowest BCUT2D eigenvalue weighted by atomic mass is 9.51. The molecular weight excluding hydrogens is 326 g/mol. The van der Waals surface area contributed by atoms with Gasteiger partial charge in [-0.05, 0) is 74.1 Å². The Balaban J connectivity index is 1.56. The van der Waals surface area contributed by atoms with E-state index >= 15 is 0 Å². The number of nitrogens with zero attached hydrogens (tertiary/aromatic N) is 1. The molecule has 0 radical (unpaired) electrons. The van der Waals surface area contributed by atoms with Crippen molar-refractivity contribution in [2.75, 3.05) is 13.1 Å². The number of piperidine rings is 1. The van der Waals surface area contributed by atoms with E-state index in [2.05, 4.69) is 11.8 Å². The summed E-state index contributed by atoms with van der Waals surface area (Å²) in [5.41, 5.74) is 3.68. The van der Waals surface area contributed by atoms with Crippen molar-refractivity contribution in [3.05, 3.63) is 22.8 Å². The van der Waals surface area contributed by atoms with Crippen molar-refractivity contribution in [2.45, 2.75) is 69.4 Å². The number of Topliss-reactive ketones (excluding diaryl/α,β-unsaturated/α-hetero) is 1. The van der Waals surface area contributed by atoms with Gasteiger partial charge in [-0.1, -0.05) is 6.92 Å². The van der Waals surface area contributed by atoms with Crippen molar-refractivity contribution in [2.24, 2.45) is 11.8 Å². The highest BCUT2D eigenvalue weighted by atomic mass is 16.5. The Morgan fingerprint density at radius 1 is 1.35 bits per heavy atom. The molecule has 0 unspecified atom stereocenters. The zero-order valence-electron chi connectivity index (χ0n) is 15.5. The van der Waals surface area contributed by atoms with Gasteiger partial charge in [0.1, 0.15) is 0 Å².